The number of halogens is 1. The fourth-order valence-electron chi connectivity index (χ4n) is 2.69. The van der Waals surface area contributed by atoms with Crippen LogP contribution in [0.25, 0.3) is 0 Å². The number of para-hydroxylation sites is 2. The molecule has 30 heavy (non-hydrogen) atoms. The van der Waals surface area contributed by atoms with E-state index in [0.29, 0.717) is 16.3 Å². The van der Waals surface area contributed by atoms with Gasteiger partial charge in [-0.2, -0.15) is 5.26 Å². The van der Waals surface area contributed by atoms with Crippen LogP contribution in [0.5, 0.6) is 0 Å². The van der Waals surface area contributed by atoms with E-state index in [1.165, 1.54) is 17.8 Å². The minimum Gasteiger partial charge on any atom is -0.349 e. The second kappa shape index (κ2) is 10.3. The molecule has 2 N–H and O–H groups in total. The molecule has 0 spiro atoms. The van der Waals surface area contributed by atoms with E-state index in [9.17, 15) is 14.4 Å². The molecule has 0 aliphatic heterocycles. The van der Waals surface area contributed by atoms with Gasteiger partial charge in [-0.25, -0.2) is 4.39 Å². The topological polar surface area (TPSA) is 64.9 Å². The molecule has 6 heteroatoms. The van der Waals surface area contributed by atoms with Gasteiger partial charge in [0.25, 0.3) is 5.91 Å². The van der Waals surface area contributed by atoms with Gasteiger partial charge >= 0.3 is 0 Å². The van der Waals surface area contributed by atoms with Crippen molar-refractivity contribution in [1.29, 1.82) is 5.26 Å². The molecular formula is C24H20FN3OS. The summed E-state index contributed by atoms with van der Waals surface area (Å²) in [6.07, 6.45) is 0. The van der Waals surface area contributed by atoms with E-state index in [4.69, 9.17) is 0 Å². The Morgan fingerprint density at radius 2 is 1.63 bits per heavy atom. The number of benzene rings is 3. The summed E-state index contributed by atoms with van der Waals surface area (Å²) in [5, 5.41) is 16.0. The number of aryl methyl sites for hydroxylation is 1. The molecule has 4 nitrogen and oxygen atoms in total. The van der Waals surface area contributed by atoms with Crippen molar-refractivity contribution < 1.29 is 9.18 Å². The van der Waals surface area contributed by atoms with E-state index in [1.807, 2.05) is 61.5 Å². The lowest BCUT2D eigenvalue weighted by Crippen LogP contribution is -2.17. The molecule has 0 aliphatic rings. The molecule has 0 bridgehead atoms. The summed E-state index contributed by atoms with van der Waals surface area (Å²) in [5.74, 6) is -0.580. The van der Waals surface area contributed by atoms with Crippen molar-refractivity contribution in [3.63, 3.8) is 0 Å². The van der Waals surface area contributed by atoms with E-state index in [-0.39, 0.29) is 17.1 Å². The van der Waals surface area contributed by atoms with Gasteiger partial charge in [-0.05, 0) is 42.3 Å². The number of rotatable bonds is 7. The minimum absolute atomic E-state index is 0.0663. The van der Waals surface area contributed by atoms with Crippen LogP contribution >= 0.6 is 11.8 Å². The number of nitrogens with zero attached hydrogens (tertiary/aromatic N) is 1. The minimum atomic E-state index is -0.522. The number of hydrogen-bond acceptors (Lipinski definition) is 4. The number of nitrogens with one attached hydrogen (secondary N) is 2. The van der Waals surface area contributed by atoms with Crippen LogP contribution in [0.15, 0.2) is 89.5 Å². The Hall–Kier alpha value is -3.56. The second-order valence-corrected chi connectivity index (χ2v) is 7.44. The normalized spacial score (nSPS) is 11.2. The largest absolute Gasteiger partial charge is 0.349 e. The van der Waals surface area contributed by atoms with Crippen molar-refractivity contribution in [3.8, 4) is 6.07 Å². The molecule has 0 unspecified atom stereocenters. The maximum absolute atomic E-state index is 14.0. The van der Waals surface area contributed by atoms with E-state index >= 15 is 0 Å². The first-order valence-electron chi connectivity index (χ1n) is 9.28. The molecule has 0 saturated heterocycles. The third kappa shape index (κ3) is 5.49. The van der Waals surface area contributed by atoms with Crippen LogP contribution in [0, 0.1) is 24.1 Å². The molecular weight excluding hydrogens is 397 g/mol. The monoisotopic (exact) mass is 417 g/mol. The van der Waals surface area contributed by atoms with Crippen LogP contribution in [0.1, 0.15) is 11.1 Å². The molecule has 0 aromatic heterocycles. The van der Waals surface area contributed by atoms with Crippen LogP contribution in [-0.4, -0.2) is 5.91 Å². The Morgan fingerprint density at radius 3 is 2.33 bits per heavy atom. The third-order valence-electron chi connectivity index (χ3n) is 4.32. The van der Waals surface area contributed by atoms with Crippen molar-refractivity contribution in [3.05, 3.63) is 106 Å². The molecule has 0 atom stereocenters. The van der Waals surface area contributed by atoms with Crippen LogP contribution in [0.4, 0.5) is 15.8 Å². The van der Waals surface area contributed by atoms with Crippen molar-refractivity contribution in [1.82, 2.24) is 0 Å². The van der Waals surface area contributed by atoms with E-state index in [1.54, 1.807) is 24.3 Å². The van der Waals surface area contributed by atoms with Crippen molar-refractivity contribution in [2.24, 2.45) is 0 Å². The van der Waals surface area contributed by atoms with E-state index in [0.717, 1.165) is 11.3 Å². The molecule has 1 amide bonds. The molecule has 0 fully saturated rings. The molecule has 0 saturated carbocycles. The maximum atomic E-state index is 14.0. The number of carbonyl (C=O) groups excluding carboxylic acids is 1. The van der Waals surface area contributed by atoms with Gasteiger partial charge in [0.15, 0.2) is 0 Å². The number of amides is 1. The smallest absolute Gasteiger partial charge is 0.269 e. The van der Waals surface area contributed by atoms with E-state index < -0.39 is 5.91 Å². The summed E-state index contributed by atoms with van der Waals surface area (Å²) in [6.45, 7) is 1.88. The van der Waals surface area contributed by atoms with Gasteiger partial charge in [0.2, 0.25) is 0 Å². The summed E-state index contributed by atoms with van der Waals surface area (Å²) >= 11 is 1.20. The van der Waals surface area contributed by atoms with Gasteiger partial charge in [-0.3, -0.25) is 4.79 Å². The summed E-state index contributed by atoms with van der Waals surface area (Å²) in [4.78, 5) is 12.9. The number of nitriles is 1. The maximum Gasteiger partial charge on any atom is 0.269 e. The lowest BCUT2D eigenvalue weighted by atomic mass is 10.2. The zero-order chi connectivity index (χ0) is 21.3. The number of anilines is 2. The van der Waals surface area contributed by atoms with Gasteiger partial charge in [0, 0.05) is 17.1 Å². The highest BCUT2D eigenvalue weighted by Gasteiger charge is 2.18. The van der Waals surface area contributed by atoms with Gasteiger partial charge in [0.1, 0.15) is 17.5 Å². The lowest BCUT2D eigenvalue weighted by molar-refractivity contribution is -0.112. The predicted molar refractivity (Wildman–Crippen MR) is 120 cm³/mol. The zero-order valence-corrected chi connectivity index (χ0v) is 17.2. The Balaban J connectivity index is 1.91. The number of hydrogen-bond donors (Lipinski definition) is 2. The molecule has 150 valence electrons. The summed E-state index contributed by atoms with van der Waals surface area (Å²) in [6, 6.07) is 25.0. The van der Waals surface area contributed by atoms with Crippen molar-refractivity contribution in [2.45, 2.75) is 12.7 Å². The molecule has 3 rings (SSSR count). The molecule has 0 heterocycles. The average Bonchev–Trinajstić information content (AvgIpc) is 2.76. The van der Waals surface area contributed by atoms with Crippen LogP contribution in [-0.2, 0) is 10.5 Å². The first-order chi connectivity index (χ1) is 14.6. The van der Waals surface area contributed by atoms with Crippen LogP contribution in [0.3, 0.4) is 0 Å². The fourth-order valence-corrected chi connectivity index (χ4v) is 3.70. The highest BCUT2D eigenvalue weighted by molar-refractivity contribution is 8.02. The lowest BCUT2D eigenvalue weighted by Gasteiger charge is -2.14. The highest BCUT2D eigenvalue weighted by Crippen LogP contribution is 2.28. The summed E-state index contributed by atoms with van der Waals surface area (Å²) in [5.41, 5.74) is 2.67. The molecule has 0 radical (unpaired) electrons. The summed E-state index contributed by atoms with van der Waals surface area (Å²) in [7, 11) is 0. The van der Waals surface area contributed by atoms with Crippen LogP contribution < -0.4 is 10.6 Å². The number of carbonyl (C=O) groups is 1. The standard InChI is InChI=1S/C24H20FN3OS/c1-17-9-5-8-14-22(17)28-23(29)20(15-26)24(27-19-11-3-2-4-12-19)30-16-18-10-6-7-13-21(18)25/h2-14,27H,16H2,1H3,(H,28,29). The van der Waals surface area contributed by atoms with Crippen molar-refractivity contribution in [2.75, 3.05) is 10.6 Å². The SMILES string of the molecule is Cc1ccccc1NC(=O)C(C#N)=C(Nc1ccccc1)SCc1ccccc1F. The Kier molecular flexibility index (Phi) is 7.25. The Bertz CT molecular complexity index is 1110. The van der Waals surface area contributed by atoms with Gasteiger partial charge < -0.3 is 10.6 Å². The quantitative estimate of drug-likeness (QED) is 0.374. The summed E-state index contributed by atoms with van der Waals surface area (Å²) < 4.78 is 14.0. The first-order valence-corrected chi connectivity index (χ1v) is 10.3. The fraction of sp³-hybridized carbons (Fsp3) is 0.0833. The average molecular weight is 418 g/mol. The van der Waals surface area contributed by atoms with Gasteiger partial charge in [0.05, 0.1) is 5.03 Å². The first kappa shape index (κ1) is 21.2. The van der Waals surface area contributed by atoms with E-state index in [2.05, 4.69) is 10.6 Å². The highest BCUT2D eigenvalue weighted by atomic mass is 32.2. The van der Waals surface area contributed by atoms with Gasteiger partial charge in [-0.15, -0.1) is 11.8 Å². The Morgan fingerprint density at radius 1 is 0.967 bits per heavy atom. The molecule has 3 aromatic carbocycles. The third-order valence-corrected chi connectivity index (χ3v) is 5.37. The van der Waals surface area contributed by atoms with Crippen molar-refractivity contribution >= 4 is 29.0 Å². The predicted octanol–water partition coefficient (Wildman–Crippen LogP) is 5.85. The second-order valence-electron chi connectivity index (χ2n) is 6.46. The number of thioether (sulfide) groups is 1. The Labute approximate surface area is 179 Å². The van der Waals surface area contributed by atoms with Crippen LogP contribution in [0.2, 0.25) is 0 Å². The zero-order valence-electron chi connectivity index (χ0n) is 16.4. The van der Waals surface area contributed by atoms with Gasteiger partial charge in [-0.1, -0.05) is 54.6 Å². The molecule has 3 aromatic rings. The molecule has 0 aliphatic carbocycles.